The zero-order valence-electron chi connectivity index (χ0n) is 13.3. The molecular formula is C17H21N3O2. The van der Waals surface area contributed by atoms with Gasteiger partial charge in [0.15, 0.2) is 0 Å². The van der Waals surface area contributed by atoms with Crippen LogP contribution in [0.25, 0.3) is 10.9 Å². The monoisotopic (exact) mass is 299 g/mol. The molecule has 0 bridgehead atoms. The number of fused-ring (bicyclic) bond motifs is 1. The Kier molecular flexibility index (Phi) is 3.74. The standard InChI is InChI=1S/C17H21N3O2/c1-11-8-12(2)15-13(9-11)10-14(17(21)22)16(18-15)20-6-4-19(3)5-7-20/h8-10H,4-7H2,1-3H3,(H,21,22). The first kappa shape index (κ1) is 14.8. The molecule has 1 N–H and O–H groups in total. The molecule has 2 heterocycles. The summed E-state index contributed by atoms with van der Waals surface area (Å²) < 4.78 is 0. The number of hydrogen-bond donors (Lipinski definition) is 1. The van der Waals surface area contributed by atoms with Crippen molar-refractivity contribution in [2.45, 2.75) is 13.8 Å². The molecule has 0 unspecified atom stereocenters. The topological polar surface area (TPSA) is 56.7 Å². The number of aromatic nitrogens is 1. The van der Waals surface area contributed by atoms with Crippen LogP contribution in [0.4, 0.5) is 5.82 Å². The van der Waals surface area contributed by atoms with Crippen molar-refractivity contribution in [1.29, 1.82) is 0 Å². The number of nitrogens with zero attached hydrogens (tertiary/aromatic N) is 3. The van der Waals surface area contributed by atoms with Gasteiger partial charge in [-0.15, -0.1) is 0 Å². The highest BCUT2D eigenvalue weighted by Crippen LogP contribution is 2.27. The van der Waals surface area contributed by atoms with E-state index < -0.39 is 5.97 Å². The van der Waals surface area contributed by atoms with Gasteiger partial charge in [-0.2, -0.15) is 0 Å². The summed E-state index contributed by atoms with van der Waals surface area (Å²) in [5, 5.41) is 10.5. The van der Waals surface area contributed by atoms with Crippen LogP contribution in [0, 0.1) is 13.8 Å². The van der Waals surface area contributed by atoms with Gasteiger partial charge in [-0.1, -0.05) is 11.6 Å². The van der Waals surface area contributed by atoms with Crippen LogP contribution in [-0.4, -0.2) is 54.2 Å². The molecule has 1 aliphatic rings. The number of hydrogen-bond acceptors (Lipinski definition) is 4. The van der Waals surface area contributed by atoms with Crippen LogP contribution < -0.4 is 4.90 Å². The lowest BCUT2D eigenvalue weighted by atomic mass is 10.0. The predicted octanol–water partition coefficient (Wildman–Crippen LogP) is 2.30. The molecule has 22 heavy (non-hydrogen) atoms. The Bertz CT molecular complexity index is 734. The summed E-state index contributed by atoms with van der Waals surface area (Å²) in [6, 6.07) is 5.84. The molecule has 1 aliphatic heterocycles. The average molecular weight is 299 g/mol. The normalized spacial score (nSPS) is 16.2. The van der Waals surface area contributed by atoms with Gasteiger partial charge in [-0.05, 0) is 38.6 Å². The Balaban J connectivity index is 2.15. The van der Waals surface area contributed by atoms with Crippen molar-refractivity contribution in [3.63, 3.8) is 0 Å². The number of carboxylic acid groups (broad SMARTS) is 1. The molecule has 1 aromatic heterocycles. The van der Waals surface area contributed by atoms with E-state index in [0.29, 0.717) is 11.4 Å². The summed E-state index contributed by atoms with van der Waals surface area (Å²) in [5.74, 6) is -0.317. The third kappa shape index (κ3) is 2.64. The van der Waals surface area contributed by atoms with E-state index in [9.17, 15) is 9.90 Å². The largest absolute Gasteiger partial charge is 0.478 e. The molecule has 0 amide bonds. The fourth-order valence-corrected chi connectivity index (χ4v) is 3.06. The van der Waals surface area contributed by atoms with E-state index >= 15 is 0 Å². The van der Waals surface area contributed by atoms with Crippen LogP contribution in [0.1, 0.15) is 21.5 Å². The number of pyridine rings is 1. The highest BCUT2D eigenvalue weighted by Gasteiger charge is 2.22. The lowest BCUT2D eigenvalue weighted by molar-refractivity contribution is 0.0697. The van der Waals surface area contributed by atoms with Gasteiger partial charge < -0.3 is 14.9 Å². The van der Waals surface area contributed by atoms with Crippen LogP contribution in [0.15, 0.2) is 18.2 Å². The molecule has 1 fully saturated rings. The Labute approximate surface area is 130 Å². The van der Waals surface area contributed by atoms with Gasteiger partial charge in [-0.25, -0.2) is 9.78 Å². The molecule has 5 nitrogen and oxygen atoms in total. The molecule has 0 saturated carbocycles. The number of benzene rings is 1. The van der Waals surface area contributed by atoms with Crippen molar-refractivity contribution in [3.8, 4) is 0 Å². The van der Waals surface area contributed by atoms with E-state index in [4.69, 9.17) is 4.98 Å². The molecule has 1 aromatic carbocycles. The lowest BCUT2D eigenvalue weighted by Gasteiger charge is -2.34. The molecule has 5 heteroatoms. The maximum atomic E-state index is 11.7. The van der Waals surface area contributed by atoms with Crippen LogP contribution in [-0.2, 0) is 0 Å². The Morgan fingerprint density at radius 2 is 1.82 bits per heavy atom. The summed E-state index contributed by atoms with van der Waals surface area (Å²) >= 11 is 0. The molecule has 1 saturated heterocycles. The third-order valence-corrected chi connectivity index (χ3v) is 4.27. The van der Waals surface area contributed by atoms with Gasteiger partial charge in [-0.3, -0.25) is 0 Å². The van der Waals surface area contributed by atoms with Gasteiger partial charge in [0.1, 0.15) is 11.4 Å². The van der Waals surface area contributed by atoms with E-state index in [1.807, 2.05) is 19.9 Å². The van der Waals surface area contributed by atoms with Crippen LogP contribution in [0.2, 0.25) is 0 Å². The molecule has 3 rings (SSSR count). The van der Waals surface area contributed by atoms with Crippen LogP contribution >= 0.6 is 0 Å². The second kappa shape index (κ2) is 5.57. The molecule has 0 aliphatic carbocycles. The van der Waals surface area contributed by atoms with Gasteiger partial charge >= 0.3 is 5.97 Å². The Hall–Kier alpha value is -2.14. The first-order valence-corrected chi connectivity index (χ1v) is 7.54. The summed E-state index contributed by atoms with van der Waals surface area (Å²) in [4.78, 5) is 20.7. The Morgan fingerprint density at radius 3 is 2.45 bits per heavy atom. The summed E-state index contributed by atoms with van der Waals surface area (Å²) in [5.41, 5.74) is 3.39. The number of piperazine rings is 1. The quantitative estimate of drug-likeness (QED) is 0.922. The van der Waals surface area contributed by atoms with Crippen molar-refractivity contribution in [1.82, 2.24) is 9.88 Å². The highest BCUT2D eigenvalue weighted by molar-refractivity contribution is 5.99. The summed E-state index contributed by atoms with van der Waals surface area (Å²) in [6.45, 7) is 7.50. The molecule has 0 atom stereocenters. The van der Waals surface area contributed by atoms with Gasteiger partial charge in [0.25, 0.3) is 0 Å². The van der Waals surface area contributed by atoms with Crippen molar-refractivity contribution in [2.75, 3.05) is 38.1 Å². The van der Waals surface area contributed by atoms with Crippen LogP contribution in [0.3, 0.4) is 0 Å². The zero-order chi connectivity index (χ0) is 15.9. The number of carbonyl (C=O) groups is 1. The maximum absolute atomic E-state index is 11.7. The number of aromatic carboxylic acids is 1. The first-order valence-electron chi connectivity index (χ1n) is 7.54. The van der Waals surface area contributed by atoms with Gasteiger partial charge in [0.2, 0.25) is 0 Å². The smallest absolute Gasteiger partial charge is 0.339 e. The SMILES string of the molecule is Cc1cc(C)c2nc(N3CCN(C)CC3)c(C(=O)O)cc2c1. The predicted molar refractivity (Wildman–Crippen MR) is 87.9 cm³/mol. The molecule has 116 valence electrons. The minimum Gasteiger partial charge on any atom is -0.478 e. The molecule has 0 spiro atoms. The molecule has 0 radical (unpaired) electrons. The first-order chi connectivity index (χ1) is 10.5. The number of rotatable bonds is 2. The van der Waals surface area contributed by atoms with Crippen molar-refractivity contribution in [3.05, 3.63) is 34.9 Å². The maximum Gasteiger partial charge on any atom is 0.339 e. The zero-order valence-corrected chi connectivity index (χ0v) is 13.3. The Morgan fingerprint density at radius 1 is 1.14 bits per heavy atom. The minimum absolute atomic E-state index is 0.294. The molecular weight excluding hydrogens is 278 g/mol. The number of carboxylic acids is 1. The van der Waals surface area contributed by atoms with Crippen LogP contribution in [0.5, 0.6) is 0 Å². The number of likely N-dealkylation sites (N-methyl/N-ethyl adjacent to an activating group) is 1. The summed E-state index contributed by atoms with van der Waals surface area (Å²) in [6.07, 6.45) is 0. The van der Waals surface area contributed by atoms with E-state index in [2.05, 4.69) is 22.9 Å². The van der Waals surface area contributed by atoms with E-state index in [0.717, 1.165) is 48.2 Å². The van der Waals surface area contributed by atoms with E-state index in [1.165, 1.54) is 0 Å². The van der Waals surface area contributed by atoms with Crippen molar-refractivity contribution in [2.24, 2.45) is 0 Å². The minimum atomic E-state index is -0.914. The number of anilines is 1. The van der Waals surface area contributed by atoms with Crippen molar-refractivity contribution >= 4 is 22.7 Å². The lowest BCUT2D eigenvalue weighted by Crippen LogP contribution is -2.45. The second-order valence-corrected chi connectivity index (χ2v) is 6.11. The second-order valence-electron chi connectivity index (χ2n) is 6.11. The van der Waals surface area contributed by atoms with Gasteiger partial charge in [0, 0.05) is 31.6 Å². The fraction of sp³-hybridized carbons (Fsp3) is 0.412. The fourth-order valence-electron chi connectivity index (χ4n) is 3.06. The van der Waals surface area contributed by atoms with Crippen molar-refractivity contribution < 1.29 is 9.90 Å². The van der Waals surface area contributed by atoms with E-state index in [-0.39, 0.29) is 0 Å². The average Bonchev–Trinajstić information content (AvgIpc) is 2.47. The van der Waals surface area contributed by atoms with E-state index in [1.54, 1.807) is 6.07 Å². The summed E-state index contributed by atoms with van der Waals surface area (Å²) in [7, 11) is 2.08. The third-order valence-electron chi connectivity index (χ3n) is 4.27. The highest BCUT2D eigenvalue weighted by atomic mass is 16.4. The number of aryl methyl sites for hydroxylation is 2. The molecule has 2 aromatic rings. The van der Waals surface area contributed by atoms with Gasteiger partial charge in [0.05, 0.1) is 5.52 Å².